The van der Waals surface area contributed by atoms with E-state index in [1.807, 2.05) is 0 Å². The summed E-state index contributed by atoms with van der Waals surface area (Å²) >= 11 is 2.61. The Balaban J connectivity index is 1.05. The van der Waals surface area contributed by atoms with Crippen molar-refractivity contribution in [1.29, 1.82) is 0 Å². The fourth-order valence-corrected chi connectivity index (χ4v) is 10.9. The second-order valence-electron chi connectivity index (χ2n) is 16.4. The summed E-state index contributed by atoms with van der Waals surface area (Å²) in [7, 11) is 0. The molecule has 1 aliphatic carbocycles. The van der Waals surface area contributed by atoms with Gasteiger partial charge in [0.2, 0.25) is 0 Å². The van der Waals surface area contributed by atoms with Gasteiger partial charge in [-0.25, -0.2) is 0 Å². The van der Waals surface area contributed by atoms with Crippen molar-refractivity contribution >= 4 is 61.3 Å². The van der Waals surface area contributed by atoms with E-state index in [1.165, 1.54) is 83.1 Å². The fraction of sp³-hybridized carbons (Fsp3) is 0.0492. The molecule has 0 amide bonds. The molecule has 0 fully saturated rings. The van der Waals surface area contributed by atoms with Crippen LogP contribution in [0.2, 0.25) is 0 Å². The van der Waals surface area contributed by atoms with Gasteiger partial charge in [0.15, 0.2) is 0 Å². The number of rotatable bonds is 10. The van der Waals surface area contributed by atoms with Crippen molar-refractivity contribution in [2.45, 2.75) is 16.4 Å². The van der Waals surface area contributed by atoms with Gasteiger partial charge in [-0.2, -0.15) is 0 Å². The molecule has 1 heterocycles. The second kappa shape index (κ2) is 16.8. The zero-order valence-electron chi connectivity index (χ0n) is 35.5. The number of halogens is 1. The Kier molecular flexibility index (Phi) is 10.4. The Morgan fingerprint density at radius 3 is 1.77 bits per heavy atom. The molecule has 10 aromatic rings. The summed E-state index contributed by atoms with van der Waals surface area (Å²) in [4.78, 5) is 2.49. The topological polar surface area (TPSA) is 8.17 Å². The Hall–Kier alpha value is -7.21. The van der Waals surface area contributed by atoms with E-state index in [9.17, 15) is 0 Å². The van der Waals surface area contributed by atoms with Crippen LogP contribution in [0, 0.1) is 0 Å². The summed E-state index contributed by atoms with van der Waals surface area (Å²) in [5, 5.41) is 2.50. The molecule has 1 aromatic heterocycles. The van der Waals surface area contributed by atoms with E-state index >= 15 is 0 Å². The zero-order chi connectivity index (χ0) is 43.0. The number of alkyl halides is 1. The van der Waals surface area contributed by atoms with Gasteiger partial charge in [-0.1, -0.05) is 217 Å². The van der Waals surface area contributed by atoms with Crippen LogP contribution in [0.3, 0.4) is 0 Å². The van der Waals surface area contributed by atoms with Crippen molar-refractivity contribution in [3.63, 3.8) is 0 Å². The lowest BCUT2D eigenvalue weighted by Crippen LogP contribution is -2.29. The highest BCUT2D eigenvalue weighted by atomic mass is 127. The molecule has 3 heteroatoms. The maximum atomic E-state index is 2.61. The highest BCUT2D eigenvalue weighted by molar-refractivity contribution is 14.1. The lowest BCUT2D eigenvalue weighted by molar-refractivity contribution is 0.768. The number of para-hydroxylation sites is 2. The molecule has 0 spiro atoms. The maximum absolute atomic E-state index is 2.61. The second-order valence-corrected chi connectivity index (χ2v) is 17.7. The van der Waals surface area contributed by atoms with Crippen LogP contribution in [0.15, 0.2) is 249 Å². The first-order chi connectivity index (χ1) is 31.6. The number of hydrogen-bond donors (Lipinski definition) is 0. The first-order valence-electron chi connectivity index (χ1n) is 22.0. The predicted octanol–water partition coefficient (Wildman–Crippen LogP) is 16.4. The van der Waals surface area contributed by atoms with Crippen molar-refractivity contribution in [3.05, 3.63) is 277 Å². The molecule has 0 bridgehead atoms. The van der Waals surface area contributed by atoms with E-state index in [0.717, 1.165) is 11.4 Å². The third-order valence-electron chi connectivity index (χ3n) is 13.0. The van der Waals surface area contributed by atoms with Crippen molar-refractivity contribution in [1.82, 2.24) is 4.57 Å². The average molecular weight is 933 g/mol. The van der Waals surface area contributed by atoms with Crippen LogP contribution in [-0.4, -0.2) is 8.62 Å². The van der Waals surface area contributed by atoms with E-state index in [4.69, 9.17) is 0 Å². The molecule has 0 saturated heterocycles. The van der Waals surface area contributed by atoms with Crippen LogP contribution >= 0.6 is 22.6 Å². The van der Waals surface area contributed by atoms with Crippen LogP contribution in [0.1, 0.15) is 34.7 Å². The van der Waals surface area contributed by atoms with Crippen molar-refractivity contribution in [3.8, 4) is 27.9 Å². The third kappa shape index (κ3) is 6.70. The van der Waals surface area contributed by atoms with Crippen LogP contribution in [-0.2, 0) is 5.41 Å². The highest BCUT2D eigenvalue weighted by Crippen LogP contribution is 2.57. The lowest BCUT2D eigenvalue weighted by Gasteiger charge is -2.35. The molecule has 0 N–H and O–H groups in total. The number of benzene rings is 9. The Bertz CT molecular complexity index is 3290. The summed E-state index contributed by atoms with van der Waals surface area (Å²) in [6.07, 6.45) is 6.80. The normalized spacial score (nSPS) is 13.6. The van der Waals surface area contributed by atoms with E-state index in [0.29, 0.717) is 0 Å². The summed E-state index contributed by atoms with van der Waals surface area (Å²) in [6, 6.07) is 84.4. The summed E-state index contributed by atoms with van der Waals surface area (Å²) in [5.74, 6) is 0. The summed E-state index contributed by atoms with van der Waals surface area (Å²) in [6.45, 7) is 2.12. The van der Waals surface area contributed by atoms with E-state index < -0.39 is 5.41 Å². The minimum Gasteiger partial charge on any atom is -0.326 e. The monoisotopic (exact) mass is 932 g/mol. The Morgan fingerprint density at radius 1 is 0.500 bits per heavy atom. The highest BCUT2D eigenvalue weighted by Gasteiger charge is 2.46. The van der Waals surface area contributed by atoms with Crippen LogP contribution < -0.4 is 4.90 Å². The molecular weight excluding hydrogens is 888 g/mol. The number of fused-ring (bicyclic) bond motifs is 6. The van der Waals surface area contributed by atoms with E-state index in [-0.39, 0.29) is 4.05 Å². The number of aromatic nitrogens is 1. The van der Waals surface area contributed by atoms with Crippen molar-refractivity contribution in [2.24, 2.45) is 0 Å². The van der Waals surface area contributed by atoms with Crippen LogP contribution in [0.25, 0.3) is 55.3 Å². The van der Waals surface area contributed by atoms with Gasteiger partial charge < -0.3 is 9.47 Å². The van der Waals surface area contributed by atoms with Crippen LogP contribution in [0.4, 0.5) is 11.4 Å². The molecule has 1 atom stereocenters. The van der Waals surface area contributed by atoms with Gasteiger partial charge in [-0.15, -0.1) is 0 Å². The van der Waals surface area contributed by atoms with E-state index in [2.05, 4.69) is 288 Å². The van der Waals surface area contributed by atoms with Crippen molar-refractivity contribution in [2.75, 3.05) is 4.90 Å². The fourth-order valence-electron chi connectivity index (χ4n) is 10.1. The average Bonchev–Trinajstić information content (AvgIpc) is 3.86. The van der Waals surface area contributed by atoms with E-state index in [1.54, 1.807) is 0 Å². The molecule has 11 rings (SSSR count). The van der Waals surface area contributed by atoms with Gasteiger partial charge in [0.25, 0.3) is 0 Å². The summed E-state index contributed by atoms with van der Waals surface area (Å²) in [5.41, 5.74) is 17.8. The van der Waals surface area contributed by atoms with Gasteiger partial charge in [0.05, 0.1) is 16.4 Å². The van der Waals surface area contributed by atoms with Gasteiger partial charge in [0, 0.05) is 27.8 Å². The largest absolute Gasteiger partial charge is 0.326 e. The van der Waals surface area contributed by atoms with Crippen LogP contribution in [0.5, 0.6) is 0 Å². The van der Waals surface area contributed by atoms with Gasteiger partial charge in [-0.05, 0) is 117 Å². The molecule has 2 nitrogen and oxygen atoms in total. The Labute approximate surface area is 389 Å². The first kappa shape index (κ1) is 39.6. The van der Waals surface area contributed by atoms with Gasteiger partial charge in [-0.3, -0.25) is 0 Å². The molecule has 9 aromatic carbocycles. The number of nitrogens with zero attached hydrogens (tertiary/aromatic N) is 2. The molecule has 1 unspecified atom stereocenters. The quantitative estimate of drug-likeness (QED) is 0.0574. The SMILES string of the molecule is C/C=C(\C=C/C(I)N(c1ccc(-c2ccc3c(c2)c2ccccc2n3-c2ccccc2)cc1)c1ccc2c(c1)C(c1ccccc1)(c1ccccc1)c1ccccc1-2)c1ccccc1. The molecule has 1 aliphatic rings. The lowest BCUT2D eigenvalue weighted by atomic mass is 9.67. The van der Waals surface area contributed by atoms with Gasteiger partial charge in [0.1, 0.15) is 4.05 Å². The standard InChI is InChI=1S/C61H45IN2/c1-2-43(44-19-7-3-8-20-44)34-40-60(62)63(50-35-31-45(32-36-50)46-33-39-59-55(41-46)54-28-16-18-30-58(54)64(59)49-25-13-6-14-26-49)51-37-38-53-52-27-15-17-29-56(52)61(57(53)42-51,47-21-9-4-10-22-47)48-23-11-5-12-24-48/h2-42,60H,1H3/b40-34-,43-2+. The molecule has 64 heavy (non-hydrogen) atoms. The van der Waals surface area contributed by atoms with Crippen molar-refractivity contribution < 1.29 is 0 Å². The number of hydrogen-bond acceptors (Lipinski definition) is 1. The minimum atomic E-state index is -0.496. The molecule has 0 radical (unpaired) electrons. The predicted molar refractivity (Wildman–Crippen MR) is 279 cm³/mol. The summed E-state index contributed by atoms with van der Waals surface area (Å²) < 4.78 is 2.35. The number of anilines is 2. The Morgan fingerprint density at radius 2 is 1.06 bits per heavy atom. The minimum absolute atomic E-state index is 0.0211. The first-order valence-corrected chi connectivity index (χ1v) is 23.3. The molecule has 0 saturated carbocycles. The molecule has 306 valence electrons. The maximum Gasteiger partial charge on any atom is 0.104 e. The van der Waals surface area contributed by atoms with Gasteiger partial charge >= 0.3 is 0 Å². The smallest absolute Gasteiger partial charge is 0.104 e. The molecule has 0 aliphatic heterocycles. The number of allylic oxidation sites excluding steroid dienone is 3. The molecular formula is C61H45IN2. The zero-order valence-corrected chi connectivity index (χ0v) is 37.7. The third-order valence-corrected chi connectivity index (χ3v) is 14.0.